The number of fused-ring (bicyclic) bond motifs is 1. The van der Waals surface area contributed by atoms with Crippen LogP contribution in [-0.4, -0.2) is 50.0 Å². The van der Waals surface area contributed by atoms with Crippen LogP contribution in [0.25, 0.3) is 6.08 Å². The summed E-state index contributed by atoms with van der Waals surface area (Å²) >= 11 is 5.69. The van der Waals surface area contributed by atoms with Crippen LogP contribution in [0.15, 0.2) is 51.4 Å². The topological polar surface area (TPSA) is 115 Å². The third kappa shape index (κ3) is 7.25. The van der Waals surface area contributed by atoms with Gasteiger partial charge in [0, 0.05) is 9.13 Å². The van der Waals surface area contributed by atoms with E-state index in [0.717, 1.165) is 12.7 Å². The van der Waals surface area contributed by atoms with Crippen molar-refractivity contribution >= 4 is 74.5 Å². The fourth-order valence-corrected chi connectivity index (χ4v) is 7.59. The summed E-state index contributed by atoms with van der Waals surface area (Å²) in [5.74, 6) is 0.241. The van der Waals surface area contributed by atoms with E-state index >= 15 is 0 Å². The molecule has 1 aliphatic heterocycles. The standard InChI is InChI=1S/C30H30I2N2O8S/c1-6-39-22-12-17(9-10-21(22)42-15-24(35)38-5)26-25(29(37)41-8-3)16(4)33-30-34(26)28(36)23(43-30)13-18-11-19(31)14-20(32)27(18)40-7-2/h9-14,26H,6-8,15H2,1-5H3/b23-13+/t26-/m0/s1. The molecule has 3 aromatic rings. The van der Waals surface area contributed by atoms with Crippen molar-refractivity contribution in [3.63, 3.8) is 0 Å². The maximum atomic E-state index is 14.1. The predicted octanol–water partition coefficient (Wildman–Crippen LogP) is 4.36. The fourth-order valence-electron chi connectivity index (χ4n) is 4.51. The molecule has 4 rings (SSSR count). The van der Waals surface area contributed by atoms with Crippen molar-refractivity contribution < 1.29 is 33.3 Å². The van der Waals surface area contributed by atoms with Crippen molar-refractivity contribution in [1.82, 2.24) is 4.57 Å². The van der Waals surface area contributed by atoms with Gasteiger partial charge in [-0.2, -0.15) is 0 Å². The summed E-state index contributed by atoms with van der Waals surface area (Å²) in [6, 6.07) is 8.18. The van der Waals surface area contributed by atoms with Crippen molar-refractivity contribution in [2.24, 2.45) is 4.99 Å². The molecule has 0 fully saturated rings. The van der Waals surface area contributed by atoms with E-state index in [1.54, 1.807) is 38.1 Å². The van der Waals surface area contributed by atoms with E-state index < -0.39 is 18.0 Å². The normalized spacial score (nSPS) is 14.6. The molecule has 0 bridgehead atoms. The van der Waals surface area contributed by atoms with Crippen LogP contribution in [0.2, 0.25) is 0 Å². The Morgan fingerprint density at radius 2 is 1.77 bits per heavy atom. The number of allylic oxidation sites excluding steroid dienone is 1. The van der Waals surface area contributed by atoms with Gasteiger partial charge >= 0.3 is 11.9 Å². The highest BCUT2D eigenvalue weighted by molar-refractivity contribution is 14.1. The molecule has 0 N–H and O–H groups in total. The number of benzene rings is 2. The van der Waals surface area contributed by atoms with E-state index in [0.29, 0.717) is 51.1 Å². The van der Waals surface area contributed by atoms with E-state index in [1.807, 2.05) is 26.0 Å². The van der Waals surface area contributed by atoms with Crippen molar-refractivity contribution in [2.45, 2.75) is 33.7 Å². The van der Waals surface area contributed by atoms with Gasteiger partial charge < -0.3 is 23.7 Å². The highest BCUT2D eigenvalue weighted by atomic mass is 127. The zero-order valence-electron chi connectivity index (χ0n) is 24.2. The molecule has 0 unspecified atom stereocenters. The second kappa shape index (κ2) is 14.7. The zero-order chi connectivity index (χ0) is 31.3. The van der Waals surface area contributed by atoms with E-state index in [2.05, 4.69) is 54.9 Å². The Kier molecular flexibility index (Phi) is 11.3. The first-order chi connectivity index (χ1) is 20.6. The van der Waals surface area contributed by atoms with Crippen molar-refractivity contribution in [3.8, 4) is 17.2 Å². The Bertz CT molecular complexity index is 1760. The summed E-state index contributed by atoms with van der Waals surface area (Å²) in [4.78, 5) is 44.2. The number of thiazole rings is 1. The molecule has 43 heavy (non-hydrogen) atoms. The Labute approximate surface area is 279 Å². The molecule has 228 valence electrons. The van der Waals surface area contributed by atoms with Gasteiger partial charge in [-0.05, 0) is 109 Å². The minimum Gasteiger partial charge on any atom is -0.492 e. The summed E-state index contributed by atoms with van der Waals surface area (Å²) < 4.78 is 31.3. The molecule has 0 amide bonds. The lowest BCUT2D eigenvalue weighted by molar-refractivity contribution is -0.143. The number of methoxy groups -OCH3 is 1. The molecule has 2 heterocycles. The molecule has 0 saturated heterocycles. The lowest BCUT2D eigenvalue weighted by atomic mass is 9.95. The number of ether oxygens (including phenoxy) is 5. The Morgan fingerprint density at radius 1 is 1.02 bits per heavy atom. The predicted molar refractivity (Wildman–Crippen MR) is 179 cm³/mol. The second-order valence-electron chi connectivity index (χ2n) is 9.05. The number of aromatic nitrogens is 1. The molecular weight excluding hydrogens is 802 g/mol. The monoisotopic (exact) mass is 832 g/mol. The van der Waals surface area contributed by atoms with Gasteiger partial charge in [0.05, 0.1) is 52.3 Å². The van der Waals surface area contributed by atoms with Crippen molar-refractivity contribution in [2.75, 3.05) is 33.5 Å². The Morgan fingerprint density at radius 3 is 2.44 bits per heavy atom. The molecule has 0 aliphatic carbocycles. The first kappa shape index (κ1) is 33.0. The van der Waals surface area contributed by atoms with Gasteiger partial charge in [-0.1, -0.05) is 17.4 Å². The molecule has 13 heteroatoms. The summed E-state index contributed by atoms with van der Waals surface area (Å²) in [7, 11) is 1.27. The third-order valence-corrected chi connectivity index (χ3v) is 8.69. The van der Waals surface area contributed by atoms with Crippen LogP contribution in [-0.2, 0) is 19.1 Å². The largest absolute Gasteiger partial charge is 0.492 e. The van der Waals surface area contributed by atoms with Crippen LogP contribution in [0.1, 0.15) is 44.9 Å². The number of hydrogen-bond acceptors (Lipinski definition) is 10. The maximum Gasteiger partial charge on any atom is 0.343 e. The first-order valence-electron chi connectivity index (χ1n) is 13.4. The number of rotatable bonds is 11. The lowest BCUT2D eigenvalue weighted by Gasteiger charge is -2.25. The van der Waals surface area contributed by atoms with Gasteiger partial charge in [0.15, 0.2) is 22.9 Å². The lowest BCUT2D eigenvalue weighted by Crippen LogP contribution is -2.40. The van der Waals surface area contributed by atoms with Gasteiger partial charge in [0.2, 0.25) is 0 Å². The van der Waals surface area contributed by atoms with Crippen molar-refractivity contribution in [3.05, 3.63) is 79.6 Å². The number of nitrogens with zero attached hydrogens (tertiary/aromatic N) is 2. The molecule has 0 radical (unpaired) electrons. The van der Waals surface area contributed by atoms with E-state index in [9.17, 15) is 14.4 Å². The minimum atomic E-state index is -0.853. The van der Waals surface area contributed by atoms with Gasteiger partial charge in [-0.25, -0.2) is 14.6 Å². The third-order valence-electron chi connectivity index (χ3n) is 6.29. The number of carbonyl (C=O) groups is 2. The average Bonchev–Trinajstić information content (AvgIpc) is 3.27. The quantitative estimate of drug-likeness (QED) is 0.207. The first-order valence-corrected chi connectivity index (χ1v) is 16.4. The molecule has 0 spiro atoms. The van der Waals surface area contributed by atoms with Crippen LogP contribution in [0.3, 0.4) is 0 Å². The van der Waals surface area contributed by atoms with Crippen molar-refractivity contribution in [1.29, 1.82) is 0 Å². The van der Waals surface area contributed by atoms with E-state index in [4.69, 9.17) is 18.9 Å². The highest BCUT2D eigenvalue weighted by Gasteiger charge is 2.34. The van der Waals surface area contributed by atoms with Gasteiger partial charge in [-0.15, -0.1) is 0 Å². The average molecular weight is 832 g/mol. The van der Waals surface area contributed by atoms with Gasteiger partial charge in [0.1, 0.15) is 5.75 Å². The zero-order valence-corrected chi connectivity index (χ0v) is 29.3. The van der Waals surface area contributed by atoms with Crippen LogP contribution >= 0.6 is 56.5 Å². The molecule has 10 nitrogen and oxygen atoms in total. The van der Waals surface area contributed by atoms with E-state index in [1.165, 1.54) is 23.0 Å². The molecule has 1 aliphatic rings. The van der Waals surface area contributed by atoms with Crippen LogP contribution in [0.5, 0.6) is 17.2 Å². The Hall–Kier alpha value is -2.92. The number of hydrogen-bond donors (Lipinski definition) is 0. The minimum absolute atomic E-state index is 0.155. The summed E-state index contributed by atoms with van der Waals surface area (Å²) in [6.45, 7) is 7.81. The second-order valence-corrected chi connectivity index (χ2v) is 12.5. The Balaban J connectivity index is 1.94. The SMILES string of the molecule is CCOC(=O)C1=C(C)N=c2s/c(=C/c3cc(I)cc(I)c3OCC)c(=O)n2[C@H]1c1ccc(OCC(=O)OC)c(OCC)c1. The van der Waals surface area contributed by atoms with Crippen LogP contribution in [0.4, 0.5) is 0 Å². The van der Waals surface area contributed by atoms with Gasteiger partial charge in [0.25, 0.3) is 5.56 Å². The van der Waals surface area contributed by atoms with Gasteiger partial charge in [-0.3, -0.25) is 9.36 Å². The summed E-state index contributed by atoms with van der Waals surface area (Å²) in [5, 5.41) is 0. The van der Waals surface area contributed by atoms with Crippen LogP contribution < -0.4 is 29.1 Å². The highest BCUT2D eigenvalue weighted by Crippen LogP contribution is 2.36. The molecule has 2 aromatic carbocycles. The number of esters is 2. The maximum absolute atomic E-state index is 14.1. The number of halogens is 2. The summed E-state index contributed by atoms with van der Waals surface area (Å²) in [5.41, 5.74) is 1.72. The molecule has 0 saturated carbocycles. The molecule has 1 aromatic heterocycles. The molecule has 1 atom stereocenters. The van der Waals surface area contributed by atoms with E-state index in [-0.39, 0.29) is 24.3 Å². The number of carbonyl (C=O) groups excluding carboxylic acids is 2. The summed E-state index contributed by atoms with van der Waals surface area (Å²) in [6.07, 6.45) is 1.80. The smallest absolute Gasteiger partial charge is 0.343 e. The molecular formula is C30H30I2N2O8S. The van der Waals surface area contributed by atoms with Crippen LogP contribution in [0, 0.1) is 7.14 Å². The fraction of sp³-hybridized carbons (Fsp3) is 0.333.